The number of rotatable bonds is 9. The molecular weight excluding hydrogens is 408 g/mol. The van der Waals surface area contributed by atoms with Gasteiger partial charge in [0, 0.05) is 18.7 Å². The van der Waals surface area contributed by atoms with Gasteiger partial charge in [-0.15, -0.1) is 0 Å². The van der Waals surface area contributed by atoms with Crippen molar-refractivity contribution in [2.45, 2.75) is 12.8 Å². The zero-order valence-corrected chi connectivity index (χ0v) is 18.4. The van der Waals surface area contributed by atoms with Crippen molar-refractivity contribution in [3.8, 4) is 11.4 Å². The highest BCUT2D eigenvalue weighted by molar-refractivity contribution is 5.71. The average molecular weight is 435 g/mol. The van der Waals surface area contributed by atoms with Gasteiger partial charge in [-0.2, -0.15) is 19.6 Å². The first-order valence-electron chi connectivity index (χ1n) is 11.2. The number of nitrogens with zero attached hydrogens (tertiary/aromatic N) is 4. The molecule has 0 aliphatic rings. The molecule has 0 atom stereocenters. The zero-order valence-electron chi connectivity index (χ0n) is 18.4. The Morgan fingerprint density at radius 3 is 1.85 bits per heavy atom. The van der Waals surface area contributed by atoms with E-state index in [-0.39, 0.29) is 0 Å². The number of hydrogen-bond acceptors (Lipinski definition) is 5. The first-order chi connectivity index (χ1) is 16.4. The molecule has 0 amide bonds. The van der Waals surface area contributed by atoms with E-state index in [1.807, 2.05) is 53.2 Å². The summed E-state index contributed by atoms with van der Waals surface area (Å²) in [7, 11) is 0. The van der Waals surface area contributed by atoms with Crippen LogP contribution in [0.25, 0.3) is 17.0 Å². The van der Waals surface area contributed by atoms with Crippen molar-refractivity contribution in [1.29, 1.82) is 0 Å². The predicted octanol–water partition coefficient (Wildman–Crippen LogP) is 5.10. The molecule has 0 bridgehead atoms. The summed E-state index contributed by atoms with van der Waals surface area (Å²) < 4.78 is 1.81. The summed E-state index contributed by atoms with van der Waals surface area (Å²) in [6, 6.07) is 31.0. The van der Waals surface area contributed by atoms with Crippen LogP contribution in [0.2, 0.25) is 0 Å². The van der Waals surface area contributed by atoms with Gasteiger partial charge < -0.3 is 10.6 Å². The van der Waals surface area contributed by atoms with Crippen LogP contribution in [0.1, 0.15) is 11.1 Å². The Balaban J connectivity index is 1.39. The monoisotopic (exact) mass is 434 g/mol. The number of aromatic nitrogens is 4. The lowest BCUT2D eigenvalue weighted by Crippen LogP contribution is -2.11. The van der Waals surface area contributed by atoms with Crippen LogP contribution in [-0.4, -0.2) is 32.7 Å². The van der Waals surface area contributed by atoms with Crippen molar-refractivity contribution in [3.63, 3.8) is 0 Å². The molecule has 2 aromatic heterocycles. The van der Waals surface area contributed by atoms with E-state index in [4.69, 9.17) is 9.97 Å². The third-order valence-electron chi connectivity index (χ3n) is 5.51. The minimum Gasteiger partial charge on any atom is -0.380 e. The Hall–Kier alpha value is -4.19. The maximum Gasteiger partial charge on any atom is 0.226 e. The van der Waals surface area contributed by atoms with Crippen molar-refractivity contribution in [3.05, 3.63) is 108 Å². The molecule has 0 aliphatic carbocycles. The number of nitrogens with one attached hydrogen (secondary N) is 2. The lowest BCUT2D eigenvalue weighted by molar-refractivity contribution is 0.894. The molecule has 5 aromatic rings. The van der Waals surface area contributed by atoms with Crippen molar-refractivity contribution >= 4 is 17.3 Å². The number of benzene rings is 3. The van der Waals surface area contributed by atoms with Crippen LogP contribution < -0.4 is 10.6 Å². The van der Waals surface area contributed by atoms with Crippen molar-refractivity contribution in [2.24, 2.45) is 0 Å². The third-order valence-corrected chi connectivity index (χ3v) is 5.51. The van der Waals surface area contributed by atoms with E-state index in [0.717, 1.165) is 48.7 Å². The highest BCUT2D eigenvalue weighted by atomic mass is 15.3. The van der Waals surface area contributed by atoms with Crippen LogP contribution in [0.5, 0.6) is 0 Å². The Kier molecular flexibility index (Phi) is 6.24. The standard InChI is InChI=1S/C27H26N6/c1-4-10-21(11-5-1)16-18-28-24-20-30-33-25(23-14-8-3-9-15-23)31-27(32-26(24)33)29-19-17-22-12-6-2-7-13-22/h1-15,20,28H,16-19H2,(H,29,32). The number of anilines is 2. The first-order valence-corrected chi connectivity index (χ1v) is 11.2. The third kappa shape index (κ3) is 5.01. The van der Waals surface area contributed by atoms with E-state index in [0.29, 0.717) is 5.95 Å². The highest BCUT2D eigenvalue weighted by Crippen LogP contribution is 2.23. The zero-order chi connectivity index (χ0) is 22.3. The quantitative estimate of drug-likeness (QED) is 0.338. The van der Waals surface area contributed by atoms with Gasteiger partial charge in [0.05, 0.1) is 6.20 Å². The molecule has 0 aliphatic heterocycles. The molecule has 6 heteroatoms. The molecule has 0 saturated carbocycles. The van der Waals surface area contributed by atoms with Gasteiger partial charge in [0.2, 0.25) is 5.95 Å². The molecule has 0 unspecified atom stereocenters. The second kappa shape index (κ2) is 9.96. The van der Waals surface area contributed by atoms with Crippen LogP contribution in [0.15, 0.2) is 97.2 Å². The minimum absolute atomic E-state index is 0.601. The second-order valence-electron chi connectivity index (χ2n) is 7.86. The number of hydrogen-bond donors (Lipinski definition) is 2. The van der Waals surface area contributed by atoms with E-state index in [9.17, 15) is 0 Å². The molecule has 0 fully saturated rings. The Morgan fingerprint density at radius 1 is 0.636 bits per heavy atom. The molecule has 0 saturated heterocycles. The fourth-order valence-corrected chi connectivity index (χ4v) is 3.80. The molecule has 33 heavy (non-hydrogen) atoms. The molecular formula is C27H26N6. The molecule has 3 aromatic carbocycles. The molecule has 0 spiro atoms. The second-order valence-corrected chi connectivity index (χ2v) is 7.86. The van der Waals surface area contributed by atoms with Gasteiger partial charge in [-0.25, -0.2) is 0 Å². The molecule has 0 radical (unpaired) electrons. The van der Waals surface area contributed by atoms with Crippen molar-refractivity contribution in [1.82, 2.24) is 19.6 Å². The van der Waals surface area contributed by atoms with Crippen LogP contribution in [0.3, 0.4) is 0 Å². The van der Waals surface area contributed by atoms with Gasteiger partial charge in [0.15, 0.2) is 11.5 Å². The van der Waals surface area contributed by atoms with E-state index in [2.05, 4.69) is 64.3 Å². The minimum atomic E-state index is 0.601. The summed E-state index contributed by atoms with van der Waals surface area (Å²) in [4.78, 5) is 9.59. The summed E-state index contributed by atoms with van der Waals surface area (Å²) >= 11 is 0. The highest BCUT2D eigenvalue weighted by Gasteiger charge is 2.14. The van der Waals surface area contributed by atoms with Gasteiger partial charge in [-0.1, -0.05) is 91.0 Å². The lowest BCUT2D eigenvalue weighted by Gasteiger charge is -2.10. The SMILES string of the molecule is c1ccc(CCNc2nc(-c3ccccc3)n3ncc(NCCc4ccccc4)c3n2)cc1. The average Bonchev–Trinajstić information content (AvgIpc) is 3.28. The first kappa shape index (κ1) is 20.7. The van der Waals surface area contributed by atoms with Crippen molar-refractivity contribution < 1.29 is 0 Å². The predicted molar refractivity (Wildman–Crippen MR) is 133 cm³/mol. The van der Waals surface area contributed by atoms with Crippen LogP contribution in [-0.2, 0) is 12.8 Å². The number of fused-ring (bicyclic) bond motifs is 1. The van der Waals surface area contributed by atoms with Gasteiger partial charge >= 0.3 is 0 Å². The smallest absolute Gasteiger partial charge is 0.226 e. The summed E-state index contributed by atoms with van der Waals surface area (Å²) in [6.07, 6.45) is 3.66. The summed E-state index contributed by atoms with van der Waals surface area (Å²) in [6.45, 7) is 1.55. The fourth-order valence-electron chi connectivity index (χ4n) is 3.80. The molecule has 2 N–H and O–H groups in total. The van der Waals surface area contributed by atoms with E-state index in [1.165, 1.54) is 11.1 Å². The lowest BCUT2D eigenvalue weighted by atomic mass is 10.1. The van der Waals surface area contributed by atoms with E-state index >= 15 is 0 Å². The van der Waals surface area contributed by atoms with Crippen LogP contribution in [0.4, 0.5) is 11.6 Å². The van der Waals surface area contributed by atoms with E-state index in [1.54, 1.807) is 0 Å². The van der Waals surface area contributed by atoms with Gasteiger partial charge in [-0.3, -0.25) is 0 Å². The Bertz CT molecular complexity index is 1300. The largest absolute Gasteiger partial charge is 0.380 e. The fraction of sp³-hybridized carbons (Fsp3) is 0.148. The van der Waals surface area contributed by atoms with Gasteiger partial charge in [0.1, 0.15) is 5.69 Å². The Morgan fingerprint density at radius 2 is 1.21 bits per heavy atom. The molecule has 6 nitrogen and oxygen atoms in total. The summed E-state index contributed by atoms with van der Waals surface area (Å²) in [5, 5.41) is 11.5. The molecule has 5 rings (SSSR count). The topological polar surface area (TPSA) is 67.1 Å². The maximum absolute atomic E-state index is 4.79. The molecule has 2 heterocycles. The van der Waals surface area contributed by atoms with Gasteiger partial charge in [-0.05, 0) is 24.0 Å². The van der Waals surface area contributed by atoms with Crippen molar-refractivity contribution in [2.75, 3.05) is 23.7 Å². The maximum atomic E-state index is 4.79. The summed E-state index contributed by atoms with van der Waals surface area (Å²) in [5.74, 6) is 1.36. The summed E-state index contributed by atoms with van der Waals surface area (Å²) in [5.41, 5.74) is 5.23. The van der Waals surface area contributed by atoms with E-state index < -0.39 is 0 Å². The molecule has 164 valence electrons. The Labute approximate surface area is 193 Å². The normalized spacial score (nSPS) is 10.9. The van der Waals surface area contributed by atoms with Crippen LogP contribution >= 0.6 is 0 Å². The van der Waals surface area contributed by atoms with Gasteiger partial charge in [0.25, 0.3) is 0 Å². The van der Waals surface area contributed by atoms with Crippen LogP contribution in [0, 0.1) is 0 Å².